The Hall–Kier alpha value is -3.84. The molecular weight excluding hydrogens is 448 g/mol. The number of fused-ring (bicyclic) bond motifs is 1. The molecule has 3 aromatic heterocycles. The molecule has 3 heterocycles. The quantitative estimate of drug-likeness (QED) is 0.377. The van der Waals surface area contributed by atoms with Crippen molar-refractivity contribution in [1.29, 1.82) is 0 Å². The average Bonchev–Trinajstić information content (AvgIpc) is 3.41. The zero-order valence-corrected chi connectivity index (χ0v) is 20.9. The first-order valence-corrected chi connectivity index (χ1v) is 12.5. The van der Waals surface area contributed by atoms with Gasteiger partial charge in [-0.25, -0.2) is 4.98 Å². The summed E-state index contributed by atoms with van der Waals surface area (Å²) >= 11 is 0. The van der Waals surface area contributed by atoms with Gasteiger partial charge in [0.1, 0.15) is 5.82 Å². The van der Waals surface area contributed by atoms with Crippen LogP contribution in [0.25, 0.3) is 0 Å². The van der Waals surface area contributed by atoms with Crippen molar-refractivity contribution in [3.8, 4) is 0 Å². The van der Waals surface area contributed by atoms with E-state index in [0.717, 1.165) is 55.0 Å². The van der Waals surface area contributed by atoms with Gasteiger partial charge in [0.05, 0.1) is 29.5 Å². The number of aromatic nitrogens is 4. The Bertz CT molecular complexity index is 1300. The van der Waals surface area contributed by atoms with Gasteiger partial charge in [-0.2, -0.15) is 0 Å². The molecule has 4 aromatic rings. The van der Waals surface area contributed by atoms with Crippen LogP contribution in [0, 0.1) is 13.8 Å². The highest BCUT2D eigenvalue weighted by Gasteiger charge is 2.28. The van der Waals surface area contributed by atoms with Gasteiger partial charge in [0, 0.05) is 37.9 Å². The third kappa shape index (κ3) is 5.36. The average molecular weight is 481 g/mol. The van der Waals surface area contributed by atoms with Gasteiger partial charge in [-0.1, -0.05) is 30.3 Å². The number of carbonyl (C=O) groups excluding carboxylic acids is 1. The van der Waals surface area contributed by atoms with E-state index in [-0.39, 0.29) is 11.9 Å². The van der Waals surface area contributed by atoms with Gasteiger partial charge in [0.15, 0.2) is 0 Å². The van der Waals surface area contributed by atoms with Gasteiger partial charge in [-0.05, 0) is 67.5 Å². The topological polar surface area (TPSA) is 86.8 Å². The molecule has 1 unspecified atom stereocenters. The summed E-state index contributed by atoms with van der Waals surface area (Å²) < 4.78 is 0. The van der Waals surface area contributed by atoms with Gasteiger partial charge >= 0.3 is 0 Å². The minimum absolute atomic E-state index is 0.0877. The summed E-state index contributed by atoms with van der Waals surface area (Å²) in [6.45, 7) is 5.80. The van der Waals surface area contributed by atoms with Crippen LogP contribution in [0.15, 0.2) is 67.3 Å². The van der Waals surface area contributed by atoms with Crippen molar-refractivity contribution in [2.24, 2.45) is 0 Å². The molecule has 0 aliphatic heterocycles. The first-order valence-electron chi connectivity index (χ1n) is 12.5. The van der Waals surface area contributed by atoms with E-state index in [1.807, 2.05) is 38.4 Å². The summed E-state index contributed by atoms with van der Waals surface area (Å²) in [7, 11) is 0. The fraction of sp³-hybridized carbons (Fsp3) is 0.310. The molecule has 7 nitrogen and oxygen atoms in total. The number of benzene rings is 1. The summed E-state index contributed by atoms with van der Waals surface area (Å²) in [6, 6.07) is 14.9. The first-order chi connectivity index (χ1) is 17.6. The lowest BCUT2D eigenvalue weighted by molar-refractivity contribution is 0.0949. The number of aromatic amines is 1. The molecule has 1 amide bonds. The predicted molar refractivity (Wildman–Crippen MR) is 139 cm³/mol. The molecule has 184 valence electrons. The number of hydrogen-bond acceptors (Lipinski definition) is 5. The van der Waals surface area contributed by atoms with Crippen molar-refractivity contribution >= 4 is 5.91 Å². The number of nitrogens with one attached hydrogen (secondary N) is 2. The molecule has 5 rings (SSSR count). The summed E-state index contributed by atoms with van der Waals surface area (Å²) in [5.74, 6) is 0.869. The maximum atomic E-state index is 12.7. The molecule has 0 bridgehead atoms. The van der Waals surface area contributed by atoms with Gasteiger partial charge < -0.3 is 10.3 Å². The predicted octanol–water partition coefficient (Wildman–Crippen LogP) is 4.83. The number of H-pyrrole nitrogens is 1. The van der Waals surface area contributed by atoms with Gasteiger partial charge in [-0.15, -0.1) is 0 Å². The molecule has 1 aliphatic rings. The van der Waals surface area contributed by atoms with E-state index in [1.54, 1.807) is 12.4 Å². The number of carbonyl (C=O) groups is 1. The highest BCUT2D eigenvalue weighted by molar-refractivity contribution is 5.96. The molecule has 0 radical (unpaired) electrons. The lowest BCUT2D eigenvalue weighted by Gasteiger charge is -2.34. The van der Waals surface area contributed by atoms with Crippen molar-refractivity contribution in [3.63, 3.8) is 0 Å². The largest absolute Gasteiger partial charge is 0.348 e. The maximum absolute atomic E-state index is 12.7. The highest BCUT2D eigenvalue weighted by Crippen LogP contribution is 2.34. The number of nitrogens with zero attached hydrogens (tertiary/aromatic N) is 4. The molecule has 1 aromatic carbocycles. The Labute approximate surface area is 212 Å². The van der Waals surface area contributed by atoms with E-state index in [0.29, 0.717) is 12.1 Å². The van der Waals surface area contributed by atoms with Crippen LogP contribution in [0.5, 0.6) is 0 Å². The van der Waals surface area contributed by atoms with Crippen LogP contribution >= 0.6 is 0 Å². The van der Waals surface area contributed by atoms with Crippen molar-refractivity contribution in [2.45, 2.75) is 58.8 Å². The normalized spacial score (nSPS) is 15.0. The molecule has 0 saturated heterocycles. The third-order valence-electron chi connectivity index (χ3n) is 6.95. The van der Waals surface area contributed by atoms with Gasteiger partial charge in [-0.3, -0.25) is 19.7 Å². The van der Waals surface area contributed by atoms with E-state index in [9.17, 15) is 4.79 Å². The summed E-state index contributed by atoms with van der Waals surface area (Å²) in [4.78, 5) is 32.0. The maximum Gasteiger partial charge on any atom is 0.253 e. The number of hydrogen-bond donors (Lipinski definition) is 2. The number of amides is 1. The SMILES string of the molecule is Cc1ccnc(C)c1C(=O)NCc1ccc(CN(Cc2ncc[nH]2)C2CCCc3cccnc32)cc1. The number of rotatable bonds is 8. The molecule has 0 spiro atoms. The Kier molecular flexibility index (Phi) is 7.18. The highest BCUT2D eigenvalue weighted by atomic mass is 16.1. The van der Waals surface area contributed by atoms with Crippen LogP contribution in [0.1, 0.15) is 68.7 Å². The van der Waals surface area contributed by atoms with Crippen LogP contribution in [-0.2, 0) is 26.1 Å². The fourth-order valence-corrected chi connectivity index (χ4v) is 5.10. The van der Waals surface area contributed by atoms with E-state index in [1.165, 1.54) is 16.8 Å². The van der Waals surface area contributed by atoms with Crippen molar-refractivity contribution in [3.05, 3.63) is 112 Å². The molecular formula is C29H32N6O. The molecule has 2 N–H and O–H groups in total. The zero-order valence-electron chi connectivity index (χ0n) is 20.9. The number of pyridine rings is 2. The second-order valence-electron chi connectivity index (χ2n) is 9.48. The third-order valence-corrected chi connectivity index (χ3v) is 6.95. The molecule has 7 heteroatoms. The fourth-order valence-electron chi connectivity index (χ4n) is 5.10. The summed E-state index contributed by atoms with van der Waals surface area (Å²) in [5.41, 5.74) is 7.17. The lowest BCUT2D eigenvalue weighted by Crippen LogP contribution is -2.31. The Balaban J connectivity index is 1.29. The van der Waals surface area contributed by atoms with E-state index in [4.69, 9.17) is 4.98 Å². The Morgan fingerprint density at radius 3 is 2.61 bits per heavy atom. The summed E-state index contributed by atoms with van der Waals surface area (Å²) in [5, 5.41) is 3.04. The lowest BCUT2D eigenvalue weighted by atomic mass is 9.90. The number of aryl methyl sites for hydroxylation is 3. The molecule has 1 aliphatic carbocycles. The van der Waals surface area contributed by atoms with Crippen LogP contribution in [0.2, 0.25) is 0 Å². The van der Waals surface area contributed by atoms with Crippen LogP contribution < -0.4 is 5.32 Å². The standard InChI is InChI=1S/C29H32N6O/c1-20-12-14-30-21(2)27(20)29(36)34-17-22-8-10-23(11-9-22)18-35(19-26-31-15-16-32-26)25-7-3-5-24-6-4-13-33-28(24)25/h4,6,8-16,25H,3,5,7,17-19H2,1-2H3,(H,31,32)(H,34,36). The monoisotopic (exact) mass is 480 g/mol. The first kappa shape index (κ1) is 23.9. The zero-order chi connectivity index (χ0) is 24.9. The minimum atomic E-state index is -0.0877. The Morgan fingerprint density at radius 1 is 1.00 bits per heavy atom. The second kappa shape index (κ2) is 10.8. The second-order valence-corrected chi connectivity index (χ2v) is 9.48. The van der Waals surface area contributed by atoms with E-state index >= 15 is 0 Å². The van der Waals surface area contributed by atoms with Crippen LogP contribution in [-0.4, -0.2) is 30.7 Å². The number of imidazole rings is 1. The van der Waals surface area contributed by atoms with Gasteiger partial charge in [0.2, 0.25) is 0 Å². The van der Waals surface area contributed by atoms with Crippen molar-refractivity contribution < 1.29 is 4.79 Å². The smallest absolute Gasteiger partial charge is 0.253 e. The molecule has 0 saturated carbocycles. The van der Waals surface area contributed by atoms with E-state index in [2.05, 4.69) is 55.5 Å². The van der Waals surface area contributed by atoms with Crippen molar-refractivity contribution in [2.75, 3.05) is 0 Å². The molecule has 1 atom stereocenters. The van der Waals surface area contributed by atoms with Crippen molar-refractivity contribution in [1.82, 2.24) is 30.2 Å². The van der Waals surface area contributed by atoms with E-state index < -0.39 is 0 Å². The van der Waals surface area contributed by atoms with Crippen LogP contribution in [0.4, 0.5) is 0 Å². The Morgan fingerprint density at radius 2 is 1.83 bits per heavy atom. The van der Waals surface area contributed by atoms with Gasteiger partial charge in [0.25, 0.3) is 5.91 Å². The molecule has 36 heavy (non-hydrogen) atoms. The van der Waals surface area contributed by atoms with Crippen LogP contribution in [0.3, 0.4) is 0 Å². The minimum Gasteiger partial charge on any atom is -0.348 e. The summed E-state index contributed by atoms with van der Waals surface area (Å²) in [6.07, 6.45) is 10.6. The molecule has 0 fully saturated rings.